The predicted molar refractivity (Wildman–Crippen MR) is 140 cm³/mol. The van der Waals surface area contributed by atoms with Crippen LogP contribution in [0.2, 0.25) is 0 Å². The molecule has 0 atom stereocenters. The summed E-state index contributed by atoms with van der Waals surface area (Å²) < 4.78 is 17.9. The molecule has 0 N–H and O–H groups in total. The predicted octanol–water partition coefficient (Wildman–Crippen LogP) is 3.74. The molecular formula is C28H38N4O4. The molecule has 8 nitrogen and oxygen atoms in total. The molecule has 1 aromatic heterocycles. The average Bonchev–Trinajstić information content (AvgIpc) is 2.91. The van der Waals surface area contributed by atoms with E-state index >= 15 is 0 Å². The molecule has 2 aromatic rings. The van der Waals surface area contributed by atoms with Crippen LogP contribution in [0, 0.1) is 0 Å². The van der Waals surface area contributed by atoms with Gasteiger partial charge in [-0.3, -0.25) is 9.69 Å². The molecule has 36 heavy (non-hydrogen) atoms. The van der Waals surface area contributed by atoms with Crippen LogP contribution in [0.5, 0.6) is 11.5 Å². The topological polar surface area (TPSA) is 67.4 Å². The Morgan fingerprint density at radius 2 is 1.78 bits per heavy atom. The van der Waals surface area contributed by atoms with Crippen molar-refractivity contribution in [3.63, 3.8) is 0 Å². The maximum Gasteiger partial charge on any atom is 0.254 e. The number of hydrogen-bond acceptors (Lipinski definition) is 7. The van der Waals surface area contributed by atoms with Gasteiger partial charge in [0, 0.05) is 44.1 Å². The van der Waals surface area contributed by atoms with E-state index in [4.69, 9.17) is 14.2 Å². The van der Waals surface area contributed by atoms with E-state index in [1.54, 1.807) is 18.2 Å². The summed E-state index contributed by atoms with van der Waals surface area (Å²) in [7, 11) is 1.60. The third-order valence-electron chi connectivity index (χ3n) is 7.86. The number of amides is 1. The number of carbonyl (C=O) groups excluding carboxylic acids is 1. The van der Waals surface area contributed by atoms with Gasteiger partial charge in [-0.2, -0.15) is 0 Å². The molecule has 5 rings (SSSR count). The van der Waals surface area contributed by atoms with E-state index in [9.17, 15) is 4.79 Å². The first-order valence-corrected chi connectivity index (χ1v) is 13.2. The van der Waals surface area contributed by atoms with Crippen molar-refractivity contribution in [2.45, 2.75) is 57.3 Å². The Labute approximate surface area is 214 Å². The smallest absolute Gasteiger partial charge is 0.254 e. The Kier molecular flexibility index (Phi) is 7.34. The number of pyridine rings is 1. The highest BCUT2D eigenvalue weighted by molar-refractivity contribution is 5.95. The molecule has 0 saturated carbocycles. The average molecular weight is 495 g/mol. The second kappa shape index (κ2) is 10.6. The number of likely N-dealkylation sites (tertiary alicyclic amines) is 1. The number of anilines is 2. The number of methoxy groups -OCH3 is 1. The number of morpholine rings is 1. The van der Waals surface area contributed by atoms with Crippen molar-refractivity contribution in [3.05, 3.63) is 42.6 Å². The first kappa shape index (κ1) is 24.8. The first-order valence-electron chi connectivity index (χ1n) is 13.2. The fourth-order valence-electron chi connectivity index (χ4n) is 5.56. The molecule has 0 aliphatic carbocycles. The third kappa shape index (κ3) is 5.30. The summed E-state index contributed by atoms with van der Waals surface area (Å²) in [5.74, 6) is 2.04. The number of carbonyl (C=O) groups is 1. The van der Waals surface area contributed by atoms with Crippen molar-refractivity contribution < 1.29 is 19.0 Å². The largest absolute Gasteiger partial charge is 0.493 e. The summed E-state index contributed by atoms with van der Waals surface area (Å²) in [5.41, 5.74) is 0.836. The molecule has 3 aliphatic rings. The number of hydrogen-bond donors (Lipinski definition) is 0. The van der Waals surface area contributed by atoms with Crippen molar-refractivity contribution in [2.24, 2.45) is 0 Å². The van der Waals surface area contributed by atoms with Gasteiger partial charge in [0.05, 0.1) is 19.3 Å². The van der Waals surface area contributed by atoms with Crippen LogP contribution in [0.1, 0.15) is 39.5 Å². The van der Waals surface area contributed by atoms with Gasteiger partial charge in [0.25, 0.3) is 5.91 Å². The summed E-state index contributed by atoms with van der Waals surface area (Å²) in [5, 5.41) is 0. The molecule has 3 aliphatic heterocycles. The van der Waals surface area contributed by atoms with E-state index in [0.717, 1.165) is 57.6 Å². The van der Waals surface area contributed by atoms with Crippen molar-refractivity contribution in [1.29, 1.82) is 0 Å². The maximum absolute atomic E-state index is 12.7. The van der Waals surface area contributed by atoms with Crippen LogP contribution in [0.15, 0.2) is 42.6 Å². The van der Waals surface area contributed by atoms with Gasteiger partial charge in [0.15, 0.2) is 11.6 Å². The zero-order valence-electron chi connectivity index (χ0n) is 21.7. The summed E-state index contributed by atoms with van der Waals surface area (Å²) in [6, 6.07) is 12.8. The zero-order chi connectivity index (χ0) is 25.1. The Balaban J connectivity index is 1.17. The Hall–Kier alpha value is -2.84. The van der Waals surface area contributed by atoms with Crippen molar-refractivity contribution in [2.75, 3.05) is 56.2 Å². The summed E-state index contributed by atoms with van der Waals surface area (Å²) in [6.07, 6.45) is 5.85. The van der Waals surface area contributed by atoms with Crippen molar-refractivity contribution in [3.8, 4) is 11.5 Å². The summed E-state index contributed by atoms with van der Waals surface area (Å²) in [6.45, 7) is 9.04. The lowest BCUT2D eigenvalue weighted by molar-refractivity contribution is -0.141. The SMILES string of the molecule is COc1cccnc1N1CC2(CCN(c3ccc(OC4CCN(C(C)C)CC4)cc3)CC2)OCC1=O. The number of nitrogens with zero attached hydrogens (tertiary/aromatic N) is 4. The number of aromatic nitrogens is 1. The molecule has 3 saturated heterocycles. The number of ether oxygens (including phenoxy) is 3. The molecule has 3 fully saturated rings. The van der Waals surface area contributed by atoms with E-state index in [1.807, 2.05) is 12.1 Å². The molecular weight excluding hydrogens is 456 g/mol. The summed E-state index contributed by atoms with van der Waals surface area (Å²) >= 11 is 0. The van der Waals surface area contributed by atoms with Gasteiger partial charge in [0.2, 0.25) is 0 Å². The van der Waals surface area contributed by atoms with Gasteiger partial charge in [-0.05, 0) is 75.9 Å². The Bertz CT molecular complexity index is 1030. The second-order valence-electron chi connectivity index (χ2n) is 10.4. The minimum absolute atomic E-state index is 0.0713. The van der Waals surface area contributed by atoms with Gasteiger partial charge in [-0.15, -0.1) is 0 Å². The highest BCUT2D eigenvalue weighted by Gasteiger charge is 2.43. The normalized spacial score (nSPS) is 21.3. The minimum atomic E-state index is -0.360. The molecule has 0 unspecified atom stereocenters. The first-order chi connectivity index (χ1) is 17.5. The molecule has 1 spiro atoms. The van der Waals surface area contributed by atoms with Crippen LogP contribution < -0.4 is 19.3 Å². The second-order valence-corrected chi connectivity index (χ2v) is 10.4. The van der Waals surface area contributed by atoms with Crippen LogP contribution >= 0.6 is 0 Å². The Morgan fingerprint density at radius 1 is 1.06 bits per heavy atom. The molecule has 4 heterocycles. The van der Waals surface area contributed by atoms with Crippen molar-refractivity contribution in [1.82, 2.24) is 9.88 Å². The number of rotatable bonds is 6. The van der Waals surface area contributed by atoms with E-state index in [1.165, 1.54) is 5.69 Å². The van der Waals surface area contributed by atoms with Gasteiger partial charge in [0.1, 0.15) is 18.5 Å². The lowest BCUT2D eigenvalue weighted by Gasteiger charge is -2.47. The fraction of sp³-hybridized carbons (Fsp3) is 0.571. The minimum Gasteiger partial charge on any atom is -0.493 e. The fourth-order valence-corrected chi connectivity index (χ4v) is 5.56. The molecule has 0 bridgehead atoms. The standard InChI is InChI=1S/C28H38N4O4/c1-21(2)30-15-10-24(11-16-30)36-23-8-6-22(7-9-23)31-17-12-28(13-18-31)20-32(26(33)19-35-28)27-25(34-3)5-4-14-29-27/h4-9,14,21,24H,10-13,15-20H2,1-3H3. The monoisotopic (exact) mass is 494 g/mol. The van der Waals surface area contributed by atoms with Crippen LogP contribution in [-0.2, 0) is 9.53 Å². The zero-order valence-corrected chi connectivity index (χ0v) is 21.7. The molecule has 0 radical (unpaired) electrons. The maximum atomic E-state index is 12.7. The van der Waals surface area contributed by atoms with Crippen LogP contribution in [0.3, 0.4) is 0 Å². The molecule has 1 aromatic carbocycles. The van der Waals surface area contributed by atoms with Crippen LogP contribution in [-0.4, -0.2) is 80.0 Å². The van der Waals surface area contributed by atoms with E-state index in [-0.39, 0.29) is 18.1 Å². The Morgan fingerprint density at radius 3 is 2.44 bits per heavy atom. The number of piperidine rings is 2. The quantitative estimate of drug-likeness (QED) is 0.606. The highest BCUT2D eigenvalue weighted by Crippen LogP contribution is 2.36. The van der Waals surface area contributed by atoms with E-state index in [0.29, 0.717) is 30.3 Å². The molecule has 8 heteroatoms. The van der Waals surface area contributed by atoms with Crippen molar-refractivity contribution >= 4 is 17.4 Å². The van der Waals surface area contributed by atoms with Gasteiger partial charge >= 0.3 is 0 Å². The third-order valence-corrected chi connectivity index (χ3v) is 7.86. The lowest BCUT2D eigenvalue weighted by atomic mass is 9.89. The molecule has 1 amide bonds. The van der Waals surface area contributed by atoms with Gasteiger partial charge in [-0.25, -0.2) is 4.98 Å². The van der Waals surface area contributed by atoms with E-state index < -0.39 is 0 Å². The van der Waals surface area contributed by atoms with Crippen LogP contribution in [0.25, 0.3) is 0 Å². The highest BCUT2D eigenvalue weighted by atomic mass is 16.5. The summed E-state index contributed by atoms with van der Waals surface area (Å²) in [4.78, 5) is 23.7. The van der Waals surface area contributed by atoms with E-state index in [2.05, 4.69) is 52.9 Å². The van der Waals surface area contributed by atoms with Gasteiger partial charge in [-0.1, -0.05) is 0 Å². The lowest BCUT2D eigenvalue weighted by Crippen LogP contribution is -2.59. The van der Waals surface area contributed by atoms with Crippen LogP contribution in [0.4, 0.5) is 11.5 Å². The van der Waals surface area contributed by atoms with Gasteiger partial charge < -0.3 is 24.0 Å². The number of benzene rings is 1. The molecule has 194 valence electrons.